The molecule has 0 unspecified atom stereocenters. The number of benzene rings is 1. The molecule has 0 fully saturated rings. The van der Waals surface area contributed by atoms with E-state index >= 15 is 0 Å². The second-order valence-electron chi connectivity index (χ2n) is 7.25. The molecule has 3 heterocycles. The molecule has 0 saturated carbocycles. The van der Waals surface area contributed by atoms with Crippen molar-refractivity contribution in [2.45, 2.75) is 13.0 Å². The quantitative estimate of drug-likeness (QED) is 0.453. The highest BCUT2D eigenvalue weighted by Gasteiger charge is 2.24. The van der Waals surface area contributed by atoms with Gasteiger partial charge >= 0.3 is 5.97 Å². The number of nitrogens with one attached hydrogen (secondary N) is 2. The molecule has 0 saturated heterocycles. The Morgan fingerprint density at radius 1 is 1.29 bits per heavy atom. The number of nitrogens with two attached hydrogens (primary N) is 1. The number of hydrogen-bond acceptors (Lipinski definition) is 7. The van der Waals surface area contributed by atoms with Gasteiger partial charge in [-0.15, -0.1) is 0 Å². The van der Waals surface area contributed by atoms with Gasteiger partial charge in [0.2, 0.25) is 5.95 Å². The van der Waals surface area contributed by atoms with Gasteiger partial charge in [0.1, 0.15) is 11.5 Å². The molecule has 9 nitrogen and oxygen atoms in total. The Bertz CT molecular complexity index is 1170. The Hall–Kier alpha value is -4.14. The van der Waals surface area contributed by atoms with Gasteiger partial charge in [-0.25, -0.2) is 9.78 Å². The van der Waals surface area contributed by atoms with E-state index in [4.69, 9.17) is 11.1 Å². The summed E-state index contributed by atoms with van der Waals surface area (Å²) in [5.41, 5.74) is 10.2. The molecule has 9 heteroatoms. The van der Waals surface area contributed by atoms with E-state index in [9.17, 15) is 9.90 Å². The predicted molar refractivity (Wildman–Crippen MR) is 120 cm³/mol. The minimum atomic E-state index is -0.924. The molecule has 0 radical (unpaired) electrons. The third kappa shape index (κ3) is 3.97. The molecule has 31 heavy (non-hydrogen) atoms. The van der Waals surface area contributed by atoms with Crippen LogP contribution in [0.5, 0.6) is 0 Å². The zero-order valence-corrected chi connectivity index (χ0v) is 17.0. The molecule has 5 N–H and O–H groups in total. The smallest absolute Gasteiger partial charge is 0.352 e. The molecule has 0 bridgehead atoms. The first-order chi connectivity index (χ1) is 15.0. The van der Waals surface area contributed by atoms with Gasteiger partial charge < -0.3 is 31.0 Å². The summed E-state index contributed by atoms with van der Waals surface area (Å²) >= 11 is 0. The number of rotatable bonds is 6. The predicted octanol–water partition coefficient (Wildman–Crippen LogP) is 2.77. The summed E-state index contributed by atoms with van der Waals surface area (Å²) in [7, 11) is 1.78. The van der Waals surface area contributed by atoms with Gasteiger partial charge in [-0.1, -0.05) is 12.1 Å². The Morgan fingerprint density at radius 3 is 2.74 bits per heavy atom. The Kier molecular flexibility index (Phi) is 5.40. The number of hydrogen-bond donors (Lipinski definition) is 4. The lowest BCUT2D eigenvalue weighted by Crippen LogP contribution is -2.32. The molecule has 0 aliphatic carbocycles. The maximum atomic E-state index is 11.4. The SMILES string of the molecule is Cn1c(C(=O)O)cc2c1CN(c1nccc(Nc3ccc(/C(C=N)=C/N)cc3)n1)CC2. The van der Waals surface area contributed by atoms with Crippen molar-refractivity contribution >= 4 is 35.2 Å². The van der Waals surface area contributed by atoms with Crippen LogP contribution in [0, 0.1) is 5.41 Å². The van der Waals surface area contributed by atoms with Crippen molar-refractivity contribution < 1.29 is 9.90 Å². The van der Waals surface area contributed by atoms with Crippen molar-refractivity contribution in [3.05, 3.63) is 71.3 Å². The minimum absolute atomic E-state index is 0.294. The van der Waals surface area contributed by atoms with E-state index in [1.165, 1.54) is 12.4 Å². The lowest BCUT2D eigenvalue weighted by Gasteiger charge is -2.28. The van der Waals surface area contributed by atoms with E-state index in [0.29, 0.717) is 36.1 Å². The van der Waals surface area contributed by atoms with E-state index in [2.05, 4.69) is 15.3 Å². The van der Waals surface area contributed by atoms with Crippen LogP contribution in [-0.2, 0) is 20.0 Å². The first-order valence-corrected chi connectivity index (χ1v) is 9.78. The van der Waals surface area contributed by atoms with Gasteiger partial charge in [-0.05, 0) is 41.8 Å². The lowest BCUT2D eigenvalue weighted by atomic mass is 10.1. The molecule has 1 aliphatic heterocycles. The summed E-state index contributed by atoms with van der Waals surface area (Å²) < 4.78 is 1.73. The second-order valence-corrected chi connectivity index (χ2v) is 7.25. The number of allylic oxidation sites excluding steroid dienone is 1. The van der Waals surface area contributed by atoms with Crippen LogP contribution in [-0.4, -0.2) is 38.4 Å². The highest BCUT2D eigenvalue weighted by atomic mass is 16.4. The molecule has 0 spiro atoms. The number of anilines is 3. The summed E-state index contributed by atoms with van der Waals surface area (Å²) in [5.74, 6) is 0.317. The molecular formula is C22H23N7O2. The fourth-order valence-electron chi connectivity index (χ4n) is 3.71. The molecule has 1 aliphatic rings. The molecular weight excluding hydrogens is 394 g/mol. The van der Waals surface area contributed by atoms with Crippen LogP contribution in [0.15, 0.2) is 48.8 Å². The third-order valence-electron chi connectivity index (χ3n) is 5.41. The van der Waals surface area contributed by atoms with Crippen molar-refractivity contribution in [2.24, 2.45) is 12.8 Å². The largest absolute Gasteiger partial charge is 0.477 e. The number of aromatic nitrogens is 3. The van der Waals surface area contributed by atoms with E-state index < -0.39 is 5.97 Å². The van der Waals surface area contributed by atoms with Gasteiger partial charge in [-0.2, -0.15) is 4.98 Å². The first-order valence-electron chi connectivity index (χ1n) is 9.78. The summed E-state index contributed by atoms with van der Waals surface area (Å²) in [4.78, 5) is 22.5. The fraction of sp³-hybridized carbons (Fsp3) is 0.182. The highest BCUT2D eigenvalue weighted by Crippen LogP contribution is 2.26. The molecule has 2 aromatic heterocycles. The third-order valence-corrected chi connectivity index (χ3v) is 5.41. The van der Waals surface area contributed by atoms with E-state index in [1.54, 1.807) is 29.9 Å². The maximum absolute atomic E-state index is 11.4. The molecule has 4 rings (SSSR count). The van der Waals surface area contributed by atoms with Gasteiger partial charge in [0, 0.05) is 49.2 Å². The fourth-order valence-corrected chi connectivity index (χ4v) is 3.71. The van der Waals surface area contributed by atoms with Crippen LogP contribution in [0.4, 0.5) is 17.5 Å². The van der Waals surface area contributed by atoms with Crippen LogP contribution in [0.1, 0.15) is 27.3 Å². The Morgan fingerprint density at radius 2 is 2.06 bits per heavy atom. The number of nitrogens with zero attached hydrogens (tertiary/aromatic N) is 4. The number of carboxylic acid groups (broad SMARTS) is 1. The topological polar surface area (TPSA) is 133 Å². The van der Waals surface area contributed by atoms with Gasteiger partial charge in [0.25, 0.3) is 0 Å². The van der Waals surface area contributed by atoms with Crippen LogP contribution in [0.3, 0.4) is 0 Å². The van der Waals surface area contributed by atoms with Crippen LogP contribution in [0.25, 0.3) is 5.57 Å². The molecule has 0 amide bonds. The first kappa shape index (κ1) is 20.1. The van der Waals surface area contributed by atoms with Gasteiger partial charge in [0.15, 0.2) is 0 Å². The summed E-state index contributed by atoms with van der Waals surface area (Å²) in [6, 6.07) is 11.1. The zero-order chi connectivity index (χ0) is 22.0. The average molecular weight is 417 g/mol. The van der Waals surface area contributed by atoms with Crippen molar-refractivity contribution in [3.63, 3.8) is 0 Å². The van der Waals surface area contributed by atoms with Crippen molar-refractivity contribution in [3.8, 4) is 0 Å². The van der Waals surface area contributed by atoms with E-state index in [-0.39, 0.29) is 0 Å². The summed E-state index contributed by atoms with van der Waals surface area (Å²) in [5, 5.41) is 20.0. The number of aromatic carboxylic acids is 1. The van der Waals surface area contributed by atoms with Crippen LogP contribution >= 0.6 is 0 Å². The van der Waals surface area contributed by atoms with Gasteiger partial charge in [-0.3, -0.25) is 0 Å². The summed E-state index contributed by atoms with van der Waals surface area (Å²) in [6.45, 7) is 1.27. The number of fused-ring (bicyclic) bond motifs is 1. The van der Waals surface area contributed by atoms with Crippen molar-refractivity contribution in [1.82, 2.24) is 14.5 Å². The maximum Gasteiger partial charge on any atom is 0.352 e. The van der Waals surface area contributed by atoms with Crippen LogP contribution < -0.4 is 16.0 Å². The number of carbonyl (C=O) groups is 1. The standard InChI is InChI=1S/C22H23N7O2/c1-28-18(21(30)31)10-15-7-9-29(13-19(15)28)22-25-8-6-20(27-22)26-17-4-2-14(3-5-17)16(11-23)12-24/h2-6,8,10-12,23H,7,9,13,24H2,1H3,(H,30,31)(H,25,26,27)/b16-12+,23-11?. The van der Waals surface area contributed by atoms with Crippen molar-refractivity contribution in [2.75, 3.05) is 16.8 Å². The molecule has 3 aromatic rings. The molecule has 158 valence electrons. The van der Waals surface area contributed by atoms with E-state index in [0.717, 1.165) is 28.9 Å². The highest BCUT2D eigenvalue weighted by molar-refractivity contribution is 6.08. The van der Waals surface area contributed by atoms with Crippen LogP contribution in [0.2, 0.25) is 0 Å². The van der Waals surface area contributed by atoms with Gasteiger partial charge in [0.05, 0.1) is 6.54 Å². The van der Waals surface area contributed by atoms with Crippen molar-refractivity contribution in [1.29, 1.82) is 5.41 Å². The monoisotopic (exact) mass is 417 g/mol. The Labute approximate surface area is 179 Å². The lowest BCUT2D eigenvalue weighted by molar-refractivity contribution is 0.0686. The van der Waals surface area contributed by atoms with E-state index in [1.807, 2.05) is 29.2 Å². The Balaban J connectivity index is 1.51. The zero-order valence-electron chi connectivity index (χ0n) is 17.0. The molecule has 0 atom stereocenters. The minimum Gasteiger partial charge on any atom is -0.477 e. The summed E-state index contributed by atoms with van der Waals surface area (Å²) in [6.07, 6.45) is 5.06. The number of carboxylic acids is 1. The second kappa shape index (κ2) is 8.31. The normalized spacial score (nSPS) is 13.6. The molecule has 1 aromatic carbocycles. The average Bonchev–Trinajstić information content (AvgIpc) is 3.12.